The van der Waals surface area contributed by atoms with E-state index in [-0.39, 0.29) is 11.7 Å². The van der Waals surface area contributed by atoms with Gasteiger partial charge in [0.2, 0.25) is 5.91 Å². The number of anilines is 1. The number of aryl methyl sites for hydroxylation is 1. The van der Waals surface area contributed by atoms with Crippen LogP contribution in [-0.4, -0.2) is 10.9 Å². The predicted octanol–water partition coefficient (Wildman–Crippen LogP) is 3.18. The van der Waals surface area contributed by atoms with Crippen LogP contribution in [0.3, 0.4) is 0 Å². The standard InChI is InChI=1S/C15H13FN2O/c1-11-2-4-13(16)10-14(11)18-15(19)5-3-12-6-8-17-9-7-12/h2-10H,1H3,(H,18,19). The van der Waals surface area contributed by atoms with Gasteiger partial charge in [0, 0.05) is 24.2 Å². The molecule has 0 unspecified atom stereocenters. The van der Waals surface area contributed by atoms with E-state index in [1.807, 2.05) is 6.92 Å². The lowest BCUT2D eigenvalue weighted by molar-refractivity contribution is -0.111. The SMILES string of the molecule is Cc1ccc(F)cc1NC(=O)C=Cc1ccncc1. The van der Waals surface area contributed by atoms with Crippen LogP contribution in [0.15, 0.2) is 48.8 Å². The minimum atomic E-state index is -0.376. The lowest BCUT2D eigenvalue weighted by Crippen LogP contribution is -2.09. The Kier molecular flexibility index (Phi) is 4.03. The predicted molar refractivity (Wildman–Crippen MR) is 73.0 cm³/mol. The molecule has 0 aliphatic carbocycles. The molecule has 96 valence electrons. The molecule has 19 heavy (non-hydrogen) atoms. The van der Waals surface area contributed by atoms with Crippen LogP contribution in [0.4, 0.5) is 10.1 Å². The molecule has 0 bridgehead atoms. The molecule has 0 aliphatic heterocycles. The second kappa shape index (κ2) is 5.91. The molecule has 1 amide bonds. The second-order valence-electron chi connectivity index (χ2n) is 4.06. The summed E-state index contributed by atoms with van der Waals surface area (Å²) in [6.45, 7) is 1.81. The number of carbonyl (C=O) groups is 1. The lowest BCUT2D eigenvalue weighted by atomic mass is 10.2. The van der Waals surface area contributed by atoms with Gasteiger partial charge >= 0.3 is 0 Å². The van der Waals surface area contributed by atoms with Crippen LogP contribution in [0.5, 0.6) is 0 Å². The number of pyridine rings is 1. The van der Waals surface area contributed by atoms with Gasteiger partial charge in [-0.2, -0.15) is 0 Å². The van der Waals surface area contributed by atoms with E-state index in [1.165, 1.54) is 18.2 Å². The number of halogens is 1. The third kappa shape index (κ3) is 3.74. The lowest BCUT2D eigenvalue weighted by Gasteiger charge is -2.06. The van der Waals surface area contributed by atoms with Crippen molar-refractivity contribution in [3.63, 3.8) is 0 Å². The summed E-state index contributed by atoms with van der Waals surface area (Å²) in [6, 6.07) is 7.86. The van der Waals surface area contributed by atoms with E-state index in [0.29, 0.717) is 5.69 Å². The third-order valence-corrected chi connectivity index (χ3v) is 2.59. The molecule has 0 aliphatic rings. The van der Waals surface area contributed by atoms with Gasteiger partial charge in [0.25, 0.3) is 0 Å². The van der Waals surface area contributed by atoms with Crippen LogP contribution in [0.1, 0.15) is 11.1 Å². The first-order valence-electron chi connectivity index (χ1n) is 5.80. The zero-order valence-corrected chi connectivity index (χ0v) is 10.4. The van der Waals surface area contributed by atoms with E-state index in [9.17, 15) is 9.18 Å². The number of aromatic nitrogens is 1. The van der Waals surface area contributed by atoms with E-state index in [4.69, 9.17) is 0 Å². The van der Waals surface area contributed by atoms with Crippen molar-refractivity contribution < 1.29 is 9.18 Å². The van der Waals surface area contributed by atoms with Gasteiger partial charge in [-0.25, -0.2) is 4.39 Å². The molecule has 2 rings (SSSR count). The van der Waals surface area contributed by atoms with Gasteiger partial charge in [-0.15, -0.1) is 0 Å². The summed E-state index contributed by atoms with van der Waals surface area (Å²) in [5, 5.41) is 2.64. The summed E-state index contributed by atoms with van der Waals surface area (Å²) in [6.07, 6.45) is 6.37. The maximum atomic E-state index is 13.1. The van der Waals surface area contributed by atoms with E-state index >= 15 is 0 Å². The highest BCUT2D eigenvalue weighted by molar-refractivity contribution is 6.02. The summed E-state index contributed by atoms with van der Waals surface area (Å²) >= 11 is 0. The Balaban J connectivity index is 2.06. The largest absolute Gasteiger partial charge is 0.322 e. The van der Waals surface area contributed by atoms with Crippen LogP contribution < -0.4 is 5.32 Å². The smallest absolute Gasteiger partial charge is 0.248 e. The molecular formula is C15H13FN2O. The first-order chi connectivity index (χ1) is 9.15. The number of hydrogen-bond acceptors (Lipinski definition) is 2. The van der Waals surface area contributed by atoms with Crippen molar-refractivity contribution in [2.45, 2.75) is 6.92 Å². The highest BCUT2D eigenvalue weighted by atomic mass is 19.1. The number of rotatable bonds is 3. The van der Waals surface area contributed by atoms with Gasteiger partial charge < -0.3 is 5.32 Å². The molecule has 3 nitrogen and oxygen atoms in total. The molecule has 2 aromatic rings. The molecule has 0 atom stereocenters. The molecule has 0 saturated carbocycles. The summed E-state index contributed by atoms with van der Waals surface area (Å²) in [5.74, 6) is -0.676. The maximum absolute atomic E-state index is 13.1. The molecular weight excluding hydrogens is 243 g/mol. The van der Waals surface area contributed by atoms with Gasteiger partial charge in [-0.3, -0.25) is 9.78 Å². The van der Waals surface area contributed by atoms with Crippen molar-refractivity contribution in [2.75, 3.05) is 5.32 Å². The van der Waals surface area contributed by atoms with Crippen molar-refractivity contribution in [1.82, 2.24) is 4.98 Å². The van der Waals surface area contributed by atoms with Crippen LogP contribution >= 0.6 is 0 Å². The Labute approximate surface area is 110 Å². The Morgan fingerprint density at radius 2 is 2.00 bits per heavy atom. The molecule has 4 heteroatoms. The van der Waals surface area contributed by atoms with Gasteiger partial charge in [-0.05, 0) is 48.4 Å². The zero-order chi connectivity index (χ0) is 13.7. The zero-order valence-electron chi connectivity index (χ0n) is 10.4. The van der Waals surface area contributed by atoms with E-state index in [2.05, 4.69) is 10.3 Å². The number of nitrogens with one attached hydrogen (secondary N) is 1. The van der Waals surface area contributed by atoms with Crippen molar-refractivity contribution >= 4 is 17.7 Å². The number of amides is 1. The summed E-state index contributed by atoms with van der Waals surface area (Å²) in [4.78, 5) is 15.6. The summed E-state index contributed by atoms with van der Waals surface area (Å²) < 4.78 is 13.1. The highest BCUT2D eigenvalue weighted by Gasteiger charge is 2.03. The third-order valence-electron chi connectivity index (χ3n) is 2.59. The van der Waals surface area contributed by atoms with Crippen molar-refractivity contribution in [3.05, 3.63) is 65.7 Å². The van der Waals surface area contributed by atoms with Crippen molar-refractivity contribution in [1.29, 1.82) is 0 Å². The van der Waals surface area contributed by atoms with Crippen molar-refractivity contribution in [2.24, 2.45) is 0 Å². The number of hydrogen-bond donors (Lipinski definition) is 1. The fourth-order valence-corrected chi connectivity index (χ4v) is 1.55. The van der Waals surface area contributed by atoms with Gasteiger partial charge in [-0.1, -0.05) is 6.07 Å². The van der Waals surface area contributed by atoms with Crippen LogP contribution in [0.25, 0.3) is 6.08 Å². The quantitative estimate of drug-likeness (QED) is 0.857. The second-order valence-corrected chi connectivity index (χ2v) is 4.06. The van der Waals surface area contributed by atoms with Gasteiger partial charge in [0.05, 0.1) is 0 Å². The molecule has 1 N–H and O–H groups in total. The fraction of sp³-hybridized carbons (Fsp3) is 0.0667. The minimum Gasteiger partial charge on any atom is -0.322 e. The fourth-order valence-electron chi connectivity index (χ4n) is 1.55. The monoisotopic (exact) mass is 256 g/mol. The van der Waals surface area contributed by atoms with Crippen LogP contribution in [0, 0.1) is 12.7 Å². The molecule has 0 spiro atoms. The Morgan fingerprint density at radius 3 is 2.74 bits per heavy atom. The number of carbonyl (C=O) groups excluding carboxylic acids is 1. The molecule has 1 aromatic heterocycles. The minimum absolute atomic E-state index is 0.300. The molecule has 1 aromatic carbocycles. The Bertz CT molecular complexity index is 609. The maximum Gasteiger partial charge on any atom is 0.248 e. The Hall–Kier alpha value is -2.49. The van der Waals surface area contributed by atoms with Crippen LogP contribution in [0.2, 0.25) is 0 Å². The summed E-state index contributed by atoms with van der Waals surface area (Å²) in [7, 11) is 0. The van der Waals surface area contributed by atoms with E-state index in [0.717, 1.165) is 11.1 Å². The molecule has 0 saturated heterocycles. The first kappa shape index (κ1) is 13.0. The highest BCUT2D eigenvalue weighted by Crippen LogP contribution is 2.15. The van der Waals surface area contributed by atoms with Gasteiger partial charge in [0.1, 0.15) is 5.82 Å². The number of nitrogens with zero attached hydrogens (tertiary/aromatic N) is 1. The normalized spacial score (nSPS) is 10.6. The number of benzene rings is 1. The van der Waals surface area contributed by atoms with Crippen LogP contribution in [-0.2, 0) is 4.79 Å². The van der Waals surface area contributed by atoms with Crippen molar-refractivity contribution in [3.8, 4) is 0 Å². The topological polar surface area (TPSA) is 42.0 Å². The molecule has 0 radical (unpaired) electrons. The van der Waals surface area contributed by atoms with E-state index < -0.39 is 0 Å². The Morgan fingerprint density at radius 1 is 1.26 bits per heavy atom. The van der Waals surface area contributed by atoms with Gasteiger partial charge in [0.15, 0.2) is 0 Å². The summed E-state index contributed by atoms with van der Waals surface area (Å²) in [5.41, 5.74) is 2.16. The van der Waals surface area contributed by atoms with E-state index in [1.54, 1.807) is 36.7 Å². The molecule has 0 fully saturated rings. The first-order valence-corrected chi connectivity index (χ1v) is 5.80. The average molecular weight is 256 g/mol. The average Bonchev–Trinajstić information content (AvgIpc) is 2.42. The molecule has 1 heterocycles.